The molecule has 1 atom stereocenters. The first-order chi connectivity index (χ1) is 6.56. The third kappa shape index (κ3) is 8.04. The van der Waals surface area contributed by atoms with Crippen molar-refractivity contribution < 1.29 is 4.21 Å². The lowest BCUT2D eigenvalue weighted by molar-refractivity contribution is 0.661. The Labute approximate surface area is 88.8 Å². The fourth-order valence-electron chi connectivity index (χ4n) is 0.774. The molecular formula is C9H21N3OS. The first-order valence-electron chi connectivity index (χ1n) is 4.95. The number of rotatable bonds is 6. The predicted molar refractivity (Wildman–Crippen MR) is 62.9 cm³/mol. The van der Waals surface area contributed by atoms with Crippen molar-refractivity contribution in [2.45, 2.75) is 20.8 Å². The van der Waals surface area contributed by atoms with E-state index in [1.807, 2.05) is 6.92 Å². The van der Waals surface area contributed by atoms with Gasteiger partial charge in [0, 0.05) is 35.4 Å². The molecule has 84 valence electrons. The quantitative estimate of drug-likeness (QED) is 0.499. The molecule has 0 fully saturated rings. The molecule has 0 aromatic heterocycles. The van der Waals surface area contributed by atoms with E-state index in [1.54, 1.807) is 0 Å². The van der Waals surface area contributed by atoms with Crippen molar-refractivity contribution in [3.63, 3.8) is 0 Å². The highest BCUT2D eigenvalue weighted by molar-refractivity contribution is 7.84. The first-order valence-corrected chi connectivity index (χ1v) is 6.43. The lowest BCUT2D eigenvalue weighted by atomic mass is 10.2. The van der Waals surface area contributed by atoms with Crippen LogP contribution in [0.5, 0.6) is 0 Å². The Hall–Kier alpha value is -0.580. The van der Waals surface area contributed by atoms with Crippen LogP contribution in [0.2, 0.25) is 0 Å². The SMILES string of the molecule is CCS(=O)CCNC(N)=NCC(C)C. The second kappa shape index (κ2) is 7.79. The monoisotopic (exact) mass is 219 g/mol. The Morgan fingerprint density at radius 1 is 1.57 bits per heavy atom. The van der Waals surface area contributed by atoms with Gasteiger partial charge in [-0.05, 0) is 5.92 Å². The highest BCUT2D eigenvalue weighted by Crippen LogP contribution is 1.90. The number of aliphatic imine (C=N–C) groups is 1. The minimum atomic E-state index is -0.729. The number of nitrogens with two attached hydrogens (primary N) is 1. The third-order valence-corrected chi connectivity index (χ3v) is 2.89. The van der Waals surface area contributed by atoms with Crippen LogP contribution in [0.25, 0.3) is 0 Å². The first kappa shape index (κ1) is 13.4. The molecule has 0 bridgehead atoms. The number of nitrogens with one attached hydrogen (secondary N) is 1. The molecule has 0 spiro atoms. The van der Waals surface area contributed by atoms with E-state index in [4.69, 9.17) is 5.73 Å². The van der Waals surface area contributed by atoms with Crippen molar-refractivity contribution in [2.75, 3.05) is 24.6 Å². The molecule has 0 aliphatic carbocycles. The minimum Gasteiger partial charge on any atom is -0.370 e. The zero-order chi connectivity index (χ0) is 11.0. The van der Waals surface area contributed by atoms with E-state index >= 15 is 0 Å². The van der Waals surface area contributed by atoms with Gasteiger partial charge in [0.2, 0.25) is 0 Å². The average Bonchev–Trinajstić information content (AvgIpc) is 2.14. The zero-order valence-corrected chi connectivity index (χ0v) is 10.1. The fraction of sp³-hybridized carbons (Fsp3) is 0.889. The maximum absolute atomic E-state index is 11.0. The molecule has 3 N–H and O–H groups in total. The summed E-state index contributed by atoms with van der Waals surface area (Å²) in [6.07, 6.45) is 0. The second-order valence-corrected chi connectivity index (χ2v) is 5.34. The summed E-state index contributed by atoms with van der Waals surface area (Å²) < 4.78 is 11.0. The summed E-state index contributed by atoms with van der Waals surface area (Å²) in [6.45, 7) is 7.45. The molecule has 0 heterocycles. The van der Waals surface area contributed by atoms with Gasteiger partial charge in [-0.3, -0.25) is 9.20 Å². The Morgan fingerprint density at radius 3 is 2.71 bits per heavy atom. The van der Waals surface area contributed by atoms with E-state index in [1.165, 1.54) is 0 Å². The molecule has 0 radical (unpaired) electrons. The molecule has 0 aromatic carbocycles. The lowest BCUT2D eigenvalue weighted by Gasteiger charge is -2.05. The molecule has 0 aliphatic rings. The zero-order valence-electron chi connectivity index (χ0n) is 9.25. The van der Waals surface area contributed by atoms with Crippen molar-refractivity contribution in [3.05, 3.63) is 0 Å². The van der Waals surface area contributed by atoms with Crippen LogP contribution >= 0.6 is 0 Å². The van der Waals surface area contributed by atoms with Crippen LogP contribution in [-0.2, 0) is 10.8 Å². The average molecular weight is 219 g/mol. The van der Waals surface area contributed by atoms with E-state index in [0.29, 0.717) is 29.9 Å². The van der Waals surface area contributed by atoms with Crippen LogP contribution in [-0.4, -0.2) is 34.8 Å². The number of guanidine groups is 1. The van der Waals surface area contributed by atoms with Gasteiger partial charge in [0.1, 0.15) is 0 Å². The standard InChI is InChI=1S/C9H21N3OS/c1-4-14(13)6-5-11-9(10)12-7-8(2)3/h8H,4-7H2,1-3H3,(H3,10,11,12). The summed E-state index contributed by atoms with van der Waals surface area (Å²) in [5, 5.41) is 2.94. The van der Waals surface area contributed by atoms with Gasteiger partial charge in [0.25, 0.3) is 0 Å². The van der Waals surface area contributed by atoms with Crippen LogP contribution in [0.15, 0.2) is 4.99 Å². The van der Waals surface area contributed by atoms with Crippen LogP contribution in [0, 0.1) is 5.92 Å². The van der Waals surface area contributed by atoms with Crippen molar-refractivity contribution in [3.8, 4) is 0 Å². The smallest absolute Gasteiger partial charge is 0.188 e. The van der Waals surface area contributed by atoms with E-state index in [9.17, 15) is 4.21 Å². The lowest BCUT2D eigenvalue weighted by Crippen LogP contribution is -2.35. The second-order valence-electron chi connectivity index (χ2n) is 3.48. The molecule has 5 heteroatoms. The molecule has 0 aliphatic heterocycles. The fourth-order valence-corrected chi connectivity index (χ4v) is 1.39. The molecular weight excluding hydrogens is 198 g/mol. The molecule has 14 heavy (non-hydrogen) atoms. The minimum absolute atomic E-state index is 0.451. The van der Waals surface area contributed by atoms with Crippen molar-refractivity contribution in [1.29, 1.82) is 0 Å². The summed E-state index contributed by atoms with van der Waals surface area (Å²) >= 11 is 0. The van der Waals surface area contributed by atoms with Gasteiger partial charge < -0.3 is 11.1 Å². The van der Waals surface area contributed by atoms with E-state index < -0.39 is 10.8 Å². The van der Waals surface area contributed by atoms with Crippen LogP contribution < -0.4 is 11.1 Å². The summed E-state index contributed by atoms with van der Waals surface area (Å²) in [4.78, 5) is 4.13. The Bertz CT molecular complexity index is 204. The Kier molecular flexibility index (Phi) is 7.47. The number of hydrogen-bond acceptors (Lipinski definition) is 2. The topological polar surface area (TPSA) is 67.5 Å². The summed E-state index contributed by atoms with van der Waals surface area (Å²) in [6, 6.07) is 0. The maximum atomic E-state index is 11.0. The van der Waals surface area contributed by atoms with Crippen LogP contribution in [0.1, 0.15) is 20.8 Å². The molecule has 0 amide bonds. The molecule has 0 rings (SSSR count). The normalized spacial score (nSPS) is 14.4. The highest BCUT2D eigenvalue weighted by Gasteiger charge is 1.96. The van der Waals surface area contributed by atoms with Gasteiger partial charge in [-0.25, -0.2) is 0 Å². The summed E-state index contributed by atoms with van der Waals surface area (Å²) in [7, 11) is -0.729. The van der Waals surface area contributed by atoms with E-state index in [0.717, 1.165) is 6.54 Å². The van der Waals surface area contributed by atoms with E-state index in [2.05, 4.69) is 24.2 Å². The molecule has 4 nitrogen and oxygen atoms in total. The van der Waals surface area contributed by atoms with Crippen LogP contribution in [0.3, 0.4) is 0 Å². The van der Waals surface area contributed by atoms with Crippen molar-refractivity contribution >= 4 is 16.8 Å². The van der Waals surface area contributed by atoms with Gasteiger partial charge in [0.05, 0.1) is 0 Å². The Morgan fingerprint density at radius 2 is 2.21 bits per heavy atom. The number of nitrogens with zero attached hydrogens (tertiary/aromatic N) is 1. The summed E-state index contributed by atoms with van der Waals surface area (Å²) in [5.41, 5.74) is 5.59. The van der Waals surface area contributed by atoms with Gasteiger partial charge in [-0.1, -0.05) is 20.8 Å². The predicted octanol–water partition coefficient (Wildman–Crippen LogP) is 0.315. The number of hydrogen-bond donors (Lipinski definition) is 2. The van der Waals surface area contributed by atoms with Gasteiger partial charge in [0.15, 0.2) is 5.96 Å². The molecule has 0 aromatic rings. The Balaban J connectivity index is 3.57. The molecule has 1 unspecified atom stereocenters. The van der Waals surface area contributed by atoms with Gasteiger partial charge >= 0.3 is 0 Å². The van der Waals surface area contributed by atoms with Crippen molar-refractivity contribution in [2.24, 2.45) is 16.6 Å². The summed E-state index contributed by atoms with van der Waals surface area (Å²) in [5.74, 6) is 2.30. The maximum Gasteiger partial charge on any atom is 0.188 e. The van der Waals surface area contributed by atoms with Gasteiger partial charge in [-0.2, -0.15) is 0 Å². The van der Waals surface area contributed by atoms with E-state index in [-0.39, 0.29) is 0 Å². The molecule has 0 saturated heterocycles. The van der Waals surface area contributed by atoms with Crippen LogP contribution in [0.4, 0.5) is 0 Å². The highest BCUT2D eigenvalue weighted by atomic mass is 32.2. The largest absolute Gasteiger partial charge is 0.370 e. The van der Waals surface area contributed by atoms with Gasteiger partial charge in [-0.15, -0.1) is 0 Å². The molecule has 0 saturated carbocycles. The third-order valence-electron chi connectivity index (χ3n) is 1.58. The van der Waals surface area contributed by atoms with Crippen molar-refractivity contribution in [1.82, 2.24) is 5.32 Å².